The van der Waals surface area contributed by atoms with Crippen molar-refractivity contribution in [3.05, 3.63) is 64.2 Å². The highest BCUT2D eigenvalue weighted by molar-refractivity contribution is 7.89. The first kappa shape index (κ1) is 20.4. The minimum atomic E-state index is -3.45. The van der Waals surface area contributed by atoms with Crippen LogP contribution >= 0.6 is 0 Å². The third-order valence-electron chi connectivity index (χ3n) is 5.20. The van der Waals surface area contributed by atoms with Gasteiger partial charge in [-0.05, 0) is 66.8 Å². The maximum atomic E-state index is 12.7. The van der Waals surface area contributed by atoms with Gasteiger partial charge >= 0.3 is 0 Å². The van der Waals surface area contributed by atoms with Crippen LogP contribution in [0.25, 0.3) is 0 Å². The average Bonchev–Trinajstić information content (AvgIpc) is 2.68. The molecule has 3 rings (SSSR count). The molecule has 0 saturated carbocycles. The Balaban J connectivity index is 1.58. The molecule has 0 saturated heterocycles. The minimum Gasteiger partial charge on any atom is -0.497 e. The fourth-order valence-corrected chi connectivity index (χ4v) is 4.60. The van der Waals surface area contributed by atoms with Crippen molar-refractivity contribution in [2.24, 2.45) is 0 Å². The highest BCUT2D eigenvalue weighted by Gasteiger charge is 2.26. The largest absolute Gasteiger partial charge is 0.497 e. The predicted octanol–water partition coefficient (Wildman–Crippen LogP) is 2.43. The summed E-state index contributed by atoms with van der Waals surface area (Å²) in [5.41, 5.74) is 4.80. The number of hydrogen-bond acceptors (Lipinski definition) is 4. The van der Waals surface area contributed by atoms with Crippen LogP contribution in [0.5, 0.6) is 5.75 Å². The van der Waals surface area contributed by atoms with E-state index >= 15 is 0 Å². The lowest BCUT2D eigenvalue weighted by Crippen LogP contribution is -2.40. The molecule has 150 valence electrons. The summed E-state index contributed by atoms with van der Waals surface area (Å²) in [5, 5.41) is 2.71. The number of sulfonamides is 1. The van der Waals surface area contributed by atoms with Gasteiger partial charge in [0.15, 0.2) is 0 Å². The summed E-state index contributed by atoms with van der Waals surface area (Å²) >= 11 is 0. The molecule has 6 nitrogen and oxygen atoms in total. The Bertz CT molecular complexity index is 986. The number of nitrogens with one attached hydrogen (secondary N) is 1. The van der Waals surface area contributed by atoms with Gasteiger partial charge in [-0.15, -0.1) is 0 Å². The Hall–Kier alpha value is -2.38. The van der Waals surface area contributed by atoms with Gasteiger partial charge in [-0.1, -0.05) is 12.1 Å². The van der Waals surface area contributed by atoms with Gasteiger partial charge < -0.3 is 10.1 Å². The number of carbonyl (C=O) groups excluding carboxylic acids is 1. The number of carbonyl (C=O) groups is 1. The van der Waals surface area contributed by atoms with Gasteiger partial charge in [-0.3, -0.25) is 4.79 Å². The van der Waals surface area contributed by atoms with E-state index in [1.54, 1.807) is 13.2 Å². The molecule has 0 atom stereocenters. The van der Waals surface area contributed by atoms with Crippen LogP contribution in [0.1, 0.15) is 32.6 Å². The Morgan fingerprint density at radius 3 is 2.61 bits per heavy atom. The van der Waals surface area contributed by atoms with Crippen molar-refractivity contribution < 1.29 is 17.9 Å². The average molecular weight is 403 g/mol. The second-order valence-electron chi connectivity index (χ2n) is 7.09. The number of aryl methyl sites for hydroxylation is 2. The third-order valence-corrected chi connectivity index (χ3v) is 7.02. The molecule has 0 spiro atoms. The number of nitrogens with zero attached hydrogens (tertiary/aromatic N) is 1. The molecule has 2 aromatic carbocycles. The summed E-state index contributed by atoms with van der Waals surface area (Å²) in [6.07, 6.45) is 0.654. The molecule has 0 fully saturated rings. The molecule has 0 radical (unpaired) electrons. The molecular formula is C21H26N2O4S. The maximum absolute atomic E-state index is 12.7. The lowest BCUT2D eigenvalue weighted by molar-refractivity contribution is 0.0956. The van der Waals surface area contributed by atoms with Crippen molar-refractivity contribution in [3.8, 4) is 5.75 Å². The molecule has 0 unspecified atom stereocenters. The molecule has 2 aromatic rings. The zero-order valence-electron chi connectivity index (χ0n) is 16.5. The summed E-state index contributed by atoms with van der Waals surface area (Å²) in [5.74, 6) is 0.410. The van der Waals surface area contributed by atoms with E-state index in [0.717, 1.165) is 28.0 Å². The van der Waals surface area contributed by atoms with Crippen LogP contribution in [-0.2, 0) is 23.0 Å². The van der Waals surface area contributed by atoms with Gasteiger partial charge in [0.05, 0.1) is 12.9 Å². The first-order valence-corrected chi connectivity index (χ1v) is 10.9. The normalized spacial score (nSPS) is 14.4. The first-order valence-electron chi connectivity index (χ1n) is 9.29. The van der Waals surface area contributed by atoms with Crippen LogP contribution in [0.15, 0.2) is 36.4 Å². The highest BCUT2D eigenvalue weighted by atomic mass is 32.2. The Labute approximate surface area is 166 Å². The second-order valence-corrected chi connectivity index (χ2v) is 9.18. The van der Waals surface area contributed by atoms with Gasteiger partial charge in [-0.25, -0.2) is 8.42 Å². The van der Waals surface area contributed by atoms with Crippen LogP contribution in [0, 0.1) is 13.8 Å². The summed E-state index contributed by atoms with van der Waals surface area (Å²) < 4.78 is 32.1. The summed E-state index contributed by atoms with van der Waals surface area (Å²) in [6.45, 7) is 4.80. The molecule has 1 heterocycles. The van der Waals surface area contributed by atoms with Crippen LogP contribution in [0.2, 0.25) is 0 Å². The lowest BCUT2D eigenvalue weighted by Gasteiger charge is -2.28. The highest BCUT2D eigenvalue weighted by Crippen LogP contribution is 2.25. The Morgan fingerprint density at radius 1 is 1.11 bits per heavy atom. The second kappa shape index (κ2) is 8.32. The van der Waals surface area contributed by atoms with Crippen molar-refractivity contribution in [1.29, 1.82) is 0 Å². The van der Waals surface area contributed by atoms with Crippen molar-refractivity contribution in [1.82, 2.24) is 9.62 Å². The molecule has 28 heavy (non-hydrogen) atoms. The van der Waals surface area contributed by atoms with E-state index in [-0.39, 0.29) is 18.2 Å². The topological polar surface area (TPSA) is 75.7 Å². The van der Waals surface area contributed by atoms with Crippen molar-refractivity contribution in [2.75, 3.05) is 26.0 Å². The van der Waals surface area contributed by atoms with Gasteiger partial charge in [0.2, 0.25) is 10.0 Å². The van der Waals surface area contributed by atoms with E-state index in [1.165, 1.54) is 4.31 Å². The molecular weight excluding hydrogens is 376 g/mol. The summed E-state index contributed by atoms with van der Waals surface area (Å²) in [7, 11) is -1.83. The van der Waals surface area contributed by atoms with E-state index in [9.17, 15) is 13.2 Å². The van der Waals surface area contributed by atoms with E-state index in [4.69, 9.17) is 4.74 Å². The van der Waals surface area contributed by atoms with Crippen molar-refractivity contribution in [2.45, 2.75) is 26.8 Å². The number of hydrogen-bond donors (Lipinski definition) is 1. The Kier molecular flexibility index (Phi) is 6.05. The smallest absolute Gasteiger partial charge is 0.251 e. The predicted molar refractivity (Wildman–Crippen MR) is 109 cm³/mol. The standard InChI is InChI=1S/C21H26N2O4S/c1-15-4-5-18(12-16(15)2)21(24)22-9-11-28(25,26)23-10-8-17-13-20(27-3)7-6-19(17)14-23/h4-7,12-13H,8-11,14H2,1-3H3,(H,22,24). The van der Waals surface area contributed by atoms with Gasteiger partial charge in [0, 0.05) is 25.2 Å². The molecule has 1 amide bonds. The van der Waals surface area contributed by atoms with E-state index in [0.29, 0.717) is 25.1 Å². The van der Waals surface area contributed by atoms with Crippen LogP contribution in [0.4, 0.5) is 0 Å². The van der Waals surface area contributed by atoms with E-state index in [2.05, 4.69) is 5.32 Å². The lowest BCUT2D eigenvalue weighted by atomic mass is 10.0. The first-order chi connectivity index (χ1) is 13.3. The van der Waals surface area contributed by atoms with E-state index < -0.39 is 10.0 Å². The number of ether oxygens (including phenoxy) is 1. The monoisotopic (exact) mass is 402 g/mol. The number of benzene rings is 2. The number of methoxy groups -OCH3 is 1. The zero-order valence-corrected chi connectivity index (χ0v) is 17.3. The van der Waals surface area contributed by atoms with E-state index in [1.807, 2.05) is 44.2 Å². The zero-order chi connectivity index (χ0) is 20.3. The molecule has 0 bridgehead atoms. The molecule has 0 aromatic heterocycles. The summed E-state index contributed by atoms with van der Waals surface area (Å²) in [4.78, 5) is 12.3. The number of amides is 1. The van der Waals surface area contributed by atoms with Crippen LogP contribution in [0.3, 0.4) is 0 Å². The molecule has 7 heteroatoms. The maximum Gasteiger partial charge on any atom is 0.251 e. The Morgan fingerprint density at radius 2 is 1.89 bits per heavy atom. The molecule has 0 aliphatic carbocycles. The fraction of sp³-hybridized carbons (Fsp3) is 0.381. The molecule has 1 aliphatic heterocycles. The summed E-state index contributed by atoms with van der Waals surface area (Å²) in [6, 6.07) is 11.2. The third kappa shape index (κ3) is 4.54. The SMILES string of the molecule is COc1ccc2c(c1)CCN(S(=O)(=O)CCNC(=O)c1ccc(C)c(C)c1)C2. The van der Waals surface area contributed by atoms with Gasteiger partial charge in [-0.2, -0.15) is 4.31 Å². The van der Waals surface area contributed by atoms with Gasteiger partial charge in [0.1, 0.15) is 5.75 Å². The van der Waals surface area contributed by atoms with Crippen LogP contribution < -0.4 is 10.1 Å². The van der Waals surface area contributed by atoms with Crippen molar-refractivity contribution in [3.63, 3.8) is 0 Å². The molecule has 1 aliphatic rings. The minimum absolute atomic E-state index is 0.0834. The number of rotatable bonds is 6. The molecule has 1 N–H and O–H groups in total. The van der Waals surface area contributed by atoms with Crippen LogP contribution in [-0.4, -0.2) is 44.6 Å². The van der Waals surface area contributed by atoms with Crippen molar-refractivity contribution >= 4 is 15.9 Å². The van der Waals surface area contributed by atoms with Gasteiger partial charge in [0.25, 0.3) is 5.91 Å². The number of fused-ring (bicyclic) bond motifs is 1. The quantitative estimate of drug-likeness (QED) is 0.805. The fourth-order valence-electron chi connectivity index (χ4n) is 3.28.